The number of anilines is 2. The molecule has 2 aromatic carbocycles. The minimum Gasteiger partial charge on any atom is -0.397 e. The Morgan fingerprint density at radius 3 is 2.58 bits per heavy atom. The Balaban J connectivity index is 2.30. The normalized spacial score (nSPS) is 10.5. The van der Waals surface area contributed by atoms with Crippen LogP contribution >= 0.6 is 15.9 Å². The van der Waals surface area contributed by atoms with E-state index in [1.807, 2.05) is 30.3 Å². The summed E-state index contributed by atoms with van der Waals surface area (Å²) < 4.78 is 14.0. The van der Waals surface area contributed by atoms with Gasteiger partial charge in [-0.25, -0.2) is 4.39 Å². The Bertz CT molecular complexity index is 572. The first-order chi connectivity index (χ1) is 9.13. The van der Waals surface area contributed by atoms with Gasteiger partial charge in [0.2, 0.25) is 0 Å². The maximum absolute atomic E-state index is 13.5. The van der Waals surface area contributed by atoms with E-state index in [-0.39, 0.29) is 5.82 Å². The van der Waals surface area contributed by atoms with Gasteiger partial charge in [0.1, 0.15) is 5.82 Å². The van der Waals surface area contributed by atoms with Crippen LogP contribution in [0.2, 0.25) is 0 Å². The Kier molecular flexibility index (Phi) is 4.43. The molecule has 0 saturated carbocycles. The zero-order chi connectivity index (χ0) is 13.8. The molecule has 2 N–H and O–H groups in total. The molecular formula is C15H16BrFN2. The molecule has 2 nitrogen and oxygen atoms in total. The van der Waals surface area contributed by atoms with Crippen molar-refractivity contribution < 1.29 is 4.39 Å². The van der Waals surface area contributed by atoms with Gasteiger partial charge in [0.25, 0.3) is 0 Å². The molecule has 0 atom stereocenters. The number of halogens is 2. The van der Waals surface area contributed by atoms with Gasteiger partial charge in [-0.2, -0.15) is 0 Å². The number of hydrogen-bond acceptors (Lipinski definition) is 2. The third-order valence-corrected chi connectivity index (χ3v) is 3.94. The minimum absolute atomic E-state index is 0.241. The van der Waals surface area contributed by atoms with Crippen molar-refractivity contribution in [3.05, 3.63) is 58.3 Å². The van der Waals surface area contributed by atoms with E-state index in [0.29, 0.717) is 11.0 Å². The van der Waals surface area contributed by atoms with Crippen LogP contribution in [0.5, 0.6) is 0 Å². The summed E-state index contributed by atoms with van der Waals surface area (Å²) in [5.74, 6) is -0.241. The fourth-order valence-electron chi connectivity index (χ4n) is 2.02. The molecule has 0 aliphatic heterocycles. The summed E-state index contributed by atoms with van der Waals surface area (Å²) in [5.41, 5.74) is 8.61. The van der Waals surface area contributed by atoms with E-state index in [0.717, 1.165) is 23.5 Å². The maximum Gasteiger partial charge on any atom is 0.137 e. The fraction of sp³-hybridized carbons (Fsp3) is 0.200. The van der Waals surface area contributed by atoms with Crippen LogP contribution in [0.1, 0.15) is 12.5 Å². The van der Waals surface area contributed by atoms with Crippen LogP contribution in [0, 0.1) is 5.82 Å². The van der Waals surface area contributed by atoms with E-state index in [1.165, 1.54) is 6.07 Å². The zero-order valence-corrected chi connectivity index (χ0v) is 12.3. The van der Waals surface area contributed by atoms with Crippen molar-refractivity contribution >= 4 is 27.3 Å². The minimum atomic E-state index is -0.241. The van der Waals surface area contributed by atoms with Crippen LogP contribution in [-0.2, 0) is 6.54 Å². The zero-order valence-electron chi connectivity index (χ0n) is 10.7. The van der Waals surface area contributed by atoms with Crippen LogP contribution < -0.4 is 10.6 Å². The molecule has 0 bridgehead atoms. The first kappa shape index (κ1) is 13.9. The Morgan fingerprint density at radius 1 is 1.16 bits per heavy atom. The van der Waals surface area contributed by atoms with Gasteiger partial charge in [0.05, 0.1) is 15.8 Å². The van der Waals surface area contributed by atoms with Crippen LogP contribution in [0.3, 0.4) is 0 Å². The molecule has 100 valence electrons. The highest BCUT2D eigenvalue weighted by Gasteiger charge is 2.11. The molecular weight excluding hydrogens is 307 g/mol. The summed E-state index contributed by atoms with van der Waals surface area (Å²) in [6.45, 7) is 3.47. The van der Waals surface area contributed by atoms with E-state index in [4.69, 9.17) is 5.73 Å². The molecule has 0 unspecified atom stereocenters. The van der Waals surface area contributed by atoms with Gasteiger partial charge in [-0.3, -0.25) is 0 Å². The summed E-state index contributed by atoms with van der Waals surface area (Å²) in [6.07, 6.45) is 0. The van der Waals surface area contributed by atoms with Crippen LogP contribution in [0.4, 0.5) is 15.8 Å². The highest BCUT2D eigenvalue weighted by Crippen LogP contribution is 2.27. The Morgan fingerprint density at radius 2 is 1.89 bits per heavy atom. The second kappa shape index (κ2) is 6.06. The molecule has 0 fully saturated rings. The van der Waals surface area contributed by atoms with Gasteiger partial charge < -0.3 is 10.6 Å². The molecule has 0 aliphatic carbocycles. The number of hydrogen-bond donors (Lipinski definition) is 1. The first-order valence-electron chi connectivity index (χ1n) is 6.15. The lowest BCUT2D eigenvalue weighted by molar-refractivity contribution is 0.617. The number of nitrogens with two attached hydrogens (primary N) is 1. The second-order valence-electron chi connectivity index (χ2n) is 4.29. The molecule has 0 heterocycles. The highest BCUT2D eigenvalue weighted by atomic mass is 79.9. The van der Waals surface area contributed by atoms with Crippen LogP contribution in [0.25, 0.3) is 0 Å². The fourth-order valence-corrected chi connectivity index (χ4v) is 2.41. The number of rotatable bonds is 4. The maximum atomic E-state index is 13.5. The topological polar surface area (TPSA) is 29.3 Å². The van der Waals surface area contributed by atoms with Gasteiger partial charge in [-0.05, 0) is 46.6 Å². The molecule has 0 spiro atoms. The first-order valence-corrected chi connectivity index (χ1v) is 6.95. The van der Waals surface area contributed by atoms with Gasteiger partial charge in [0.15, 0.2) is 0 Å². The van der Waals surface area contributed by atoms with Gasteiger partial charge in [-0.15, -0.1) is 0 Å². The second-order valence-corrected chi connectivity index (χ2v) is 5.08. The van der Waals surface area contributed by atoms with E-state index >= 15 is 0 Å². The molecule has 0 aliphatic rings. The molecule has 19 heavy (non-hydrogen) atoms. The van der Waals surface area contributed by atoms with Crippen molar-refractivity contribution in [2.24, 2.45) is 0 Å². The largest absolute Gasteiger partial charge is 0.397 e. The average molecular weight is 323 g/mol. The molecule has 2 aromatic rings. The Labute approximate surface area is 121 Å². The van der Waals surface area contributed by atoms with Crippen LogP contribution in [-0.4, -0.2) is 6.54 Å². The molecule has 4 heteroatoms. The predicted octanol–water partition coefficient (Wildman–Crippen LogP) is 4.20. The summed E-state index contributed by atoms with van der Waals surface area (Å²) in [4.78, 5) is 2.12. The molecule has 0 aromatic heterocycles. The number of para-hydroxylation sites is 2. The SMILES string of the molecule is CCN(Cc1cccc(F)c1Br)c1ccccc1N. The van der Waals surface area contributed by atoms with Gasteiger partial charge in [-0.1, -0.05) is 24.3 Å². The van der Waals surface area contributed by atoms with Gasteiger partial charge in [0, 0.05) is 13.1 Å². The predicted molar refractivity (Wildman–Crippen MR) is 81.7 cm³/mol. The highest BCUT2D eigenvalue weighted by molar-refractivity contribution is 9.10. The third-order valence-electron chi connectivity index (χ3n) is 3.05. The standard InChI is InChI=1S/C15H16BrFN2/c1-2-19(14-9-4-3-8-13(14)18)10-11-6-5-7-12(17)15(11)16/h3-9H,2,10,18H2,1H3. The number of nitrogens with zero attached hydrogens (tertiary/aromatic N) is 1. The van der Waals surface area contributed by atoms with E-state index < -0.39 is 0 Å². The van der Waals surface area contributed by atoms with Crippen molar-refractivity contribution in [3.63, 3.8) is 0 Å². The number of nitrogen functional groups attached to an aromatic ring is 1. The van der Waals surface area contributed by atoms with Crippen molar-refractivity contribution in [1.82, 2.24) is 0 Å². The number of benzene rings is 2. The van der Waals surface area contributed by atoms with Crippen molar-refractivity contribution in [2.75, 3.05) is 17.2 Å². The van der Waals surface area contributed by atoms with Crippen molar-refractivity contribution in [3.8, 4) is 0 Å². The van der Waals surface area contributed by atoms with E-state index in [2.05, 4.69) is 27.8 Å². The van der Waals surface area contributed by atoms with Crippen molar-refractivity contribution in [2.45, 2.75) is 13.5 Å². The lowest BCUT2D eigenvalue weighted by atomic mass is 10.1. The third kappa shape index (κ3) is 3.07. The summed E-state index contributed by atoms with van der Waals surface area (Å²) in [7, 11) is 0. The monoisotopic (exact) mass is 322 g/mol. The lowest BCUT2D eigenvalue weighted by Crippen LogP contribution is -2.23. The van der Waals surface area contributed by atoms with E-state index in [9.17, 15) is 4.39 Å². The molecule has 0 saturated heterocycles. The van der Waals surface area contributed by atoms with Crippen molar-refractivity contribution in [1.29, 1.82) is 0 Å². The molecule has 2 rings (SSSR count). The Hall–Kier alpha value is -1.55. The summed E-state index contributed by atoms with van der Waals surface area (Å²) in [5, 5.41) is 0. The van der Waals surface area contributed by atoms with Crippen LogP contribution in [0.15, 0.2) is 46.9 Å². The molecule has 0 amide bonds. The summed E-state index contributed by atoms with van der Waals surface area (Å²) >= 11 is 3.30. The van der Waals surface area contributed by atoms with Gasteiger partial charge >= 0.3 is 0 Å². The quantitative estimate of drug-likeness (QED) is 0.855. The van der Waals surface area contributed by atoms with E-state index in [1.54, 1.807) is 6.07 Å². The smallest absolute Gasteiger partial charge is 0.137 e. The summed E-state index contributed by atoms with van der Waals surface area (Å²) in [6, 6.07) is 12.8. The lowest BCUT2D eigenvalue weighted by Gasteiger charge is -2.25. The average Bonchev–Trinajstić information content (AvgIpc) is 2.41. The molecule has 0 radical (unpaired) electrons.